The van der Waals surface area contributed by atoms with Gasteiger partial charge in [0, 0.05) is 38.0 Å². The number of imidazole rings is 1. The molecule has 0 unspecified atom stereocenters. The summed E-state index contributed by atoms with van der Waals surface area (Å²) < 4.78 is 57.2. The SMILES string of the molecule is CNC(=O)C(C=[NH+]S(=O)(=O)c1ccc2c(c1)nc(C(C)(C)C)n2CC1CCC(F)(F)CC1)=CN. The number of nitrogens with two attached hydrogens (primary N) is 1. The fourth-order valence-electron chi connectivity index (χ4n) is 4.12. The van der Waals surface area contributed by atoms with E-state index in [0.717, 1.165) is 23.8 Å². The summed E-state index contributed by atoms with van der Waals surface area (Å²) in [7, 11) is -2.59. The van der Waals surface area contributed by atoms with Crippen LogP contribution in [0.15, 0.2) is 34.9 Å². The highest BCUT2D eigenvalue weighted by molar-refractivity contribution is 7.84. The maximum atomic E-state index is 13.6. The van der Waals surface area contributed by atoms with Crippen LogP contribution >= 0.6 is 0 Å². The Balaban J connectivity index is 1.97. The maximum Gasteiger partial charge on any atom is 0.393 e. The van der Waals surface area contributed by atoms with Crippen molar-refractivity contribution in [3.63, 3.8) is 0 Å². The Morgan fingerprint density at radius 1 is 1.32 bits per heavy atom. The molecule has 0 radical (unpaired) electrons. The van der Waals surface area contributed by atoms with E-state index in [2.05, 4.69) is 9.71 Å². The summed E-state index contributed by atoms with van der Waals surface area (Å²) in [5, 5.41) is 2.37. The van der Waals surface area contributed by atoms with Gasteiger partial charge in [-0.25, -0.2) is 13.8 Å². The Bertz CT molecular complexity index is 1230. The van der Waals surface area contributed by atoms with Gasteiger partial charge in [0.15, 0.2) is 6.21 Å². The van der Waals surface area contributed by atoms with Gasteiger partial charge in [-0.2, -0.15) is 8.42 Å². The molecule has 11 heteroatoms. The number of aromatic nitrogens is 2. The number of fused-ring (bicyclic) bond motifs is 1. The van der Waals surface area contributed by atoms with E-state index in [-0.39, 0.29) is 34.6 Å². The summed E-state index contributed by atoms with van der Waals surface area (Å²) in [6, 6.07) is 4.61. The molecule has 2 aromatic rings. The minimum atomic E-state index is -3.99. The van der Waals surface area contributed by atoms with Crippen molar-refractivity contribution in [2.75, 3.05) is 7.05 Å². The molecule has 8 nitrogen and oxygen atoms in total. The molecule has 0 bridgehead atoms. The van der Waals surface area contributed by atoms with Crippen LogP contribution in [0.4, 0.5) is 8.78 Å². The number of rotatable bonds is 6. The Kier molecular flexibility index (Phi) is 7.16. The molecule has 1 heterocycles. The molecule has 186 valence electrons. The molecule has 0 saturated heterocycles. The Labute approximate surface area is 198 Å². The van der Waals surface area contributed by atoms with E-state index >= 15 is 0 Å². The number of hydrogen-bond acceptors (Lipinski definition) is 5. The van der Waals surface area contributed by atoms with Gasteiger partial charge < -0.3 is 15.6 Å². The van der Waals surface area contributed by atoms with E-state index in [9.17, 15) is 22.0 Å². The summed E-state index contributed by atoms with van der Waals surface area (Å²) in [6.07, 6.45) is 2.67. The van der Waals surface area contributed by atoms with E-state index in [0.29, 0.717) is 24.9 Å². The average Bonchev–Trinajstić information content (AvgIpc) is 3.13. The van der Waals surface area contributed by atoms with Gasteiger partial charge in [-0.3, -0.25) is 4.79 Å². The second kappa shape index (κ2) is 9.44. The van der Waals surface area contributed by atoms with Crippen LogP contribution in [0.2, 0.25) is 0 Å². The molecule has 4 N–H and O–H groups in total. The molecule has 1 fully saturated rings. The minimum Gasteiger partial charge on any atom is -0.404 e. The smallest absolute Gasteiger partial charge is 0.393 e. The molecule has 1 amide bonds. The van der Waals surface area contributed by atoms with E-state index in [1.807, 2.05) is 25.3 Å². The second-order valence-electron chi connectivity index (χ2n) is 9.71. The molecule has 34 heavy (non-hydrogen) atoms. The van der Waals surface area contributed by atoms with Crippen molar-refractivity contribution in [2.24, 2.45) is 11.7 Å². The first-order chi connectivity index (χ1) is 15.8. The highest BCUT2D eigenvalue weighted by atomic mass is 32.2. The standard InChI is InChI=1S/C23H31F2N5O3S/c1-22(2,3)21-29-18-11-17(34(32,33)28-13-16(12-26)20(31)27-4)5-6-19(18)30(21)14-15-7-9-23(24,25)10-8-15/h5-6,11-13,15H,7-10,14,26H2,1-4H3,(H,27,31)/p+1. The van der Waals surface area contributed by atoms with Crippen molar-refractivity contribution in [1.29, 1.82) is 0 Å². The zero-order chi connectivity index (χ0) is 25.3. The summed E-state index contributed by atoms with van der Waals surface area (Å²) >= 11 is 0. The second-order valence-corrected chi connectivity index (χ2v) is 11.4. The van der Waals surface area contributed by atoms with Gasteiger partial charge in [0.2, 0.25) is 5.92 Å². The van der Waals surface area contributed by atoms with Crippen LogP contribution in [-0.4, -0.2) is 43.1 Å². The van der Waals surface area contributed by atoms with Gasteiger partial charge in [0.1, 0.15) is 16.3 Å². The number of amides is 1. The maximum absolute atomic E-state index is 13.6. The molecule has 1 saturated carbocycles. The Morgan fingerprint density at radius 2 is 1.97 bits per heavy atom. The van der Waals surface area contributed by atoms with Gasteiger partial charge in [-0.15, -0.1) is 4.40 Å². The van der Waals surface area contributed by atoms with Crippen LogP contribution in [0.1, 0.15) is 52.3 Å². The predicted molar refractivity (Wildman–Crippen MR) is 126 cm³/mol. The van der Waals surface area contributed by atoms with Crippen molar-refractivity contribution in [2.45, 2.75) is 69.2 Å². The van der Waals surface area contributed by atoms with E-state index in [4.69, 9.17) is 10.7 Å². The summed E-state index contributed by atoms with van der Waals surface area (Å²) in [4.78, 5) is 16.4. The Hall–Kier alpha value is -2.82. The lowest BCUT2D eigenvalue weighted by Gasteiger charge is -2.30. The number of hydrogen-bond donors (Lipinski definition) is 3. The van der Waals surface area contributed by atoms with Crippen LogP contribution < -0.4 is 15.4 Å². The molecular formula is C23H32F2N5O3S+. The normalized spacial score (nSPS) is 18.0. The molecular weight excluding hydrogens is 464 g/mol. The Morgan fingerprint density at radius 3 is 2.53 bits per heavy atom. The topological polar surface area (TPSA) is 121 Å². The molecule has 1 aliphatic rings. The number of carbonyl (C=O) groups is 1. The molecule has 0 spiro atoms. The predicted octanol–water partition coefficient (Wildman–Crippen LogP) is 1.59. The number of benzene rings is 1. The third kappa shape index (κ3) is 5.63. The van der Waals surface area contributed by atoms with Crippen LogP contribution in [0, 0.1) is 5.92 Å². The minimum absolute atomic E-state index is 0.0213. The fraction of sp³-hybridized carbons (Fsp3) is 0.522. The number of likely N-dealkylation sites (N-methyl/N-ethyl adjacent to an activating group) is 1. The number of carbonyl (C=O) groups excluding carboxylic acids is 1. The average molecular weight is 497 g/mol. The van der Waals surface area contributed by atoms with Crippen molar-refractivity contribution in [3.8, 4) is 0 Å². The lowest BCUT2D eigenvalue weighted by Crippen LogP contribution is -2.73. The van der Waals surface area contributed by atoms with Gasteiger partial charge in [-0.05, 0) is 37.0 Å². The van der Waals surface area contributed by atoms with Crippen LogP contribution in [-0.2, 0) is 26.8 Å². The fourth-order valence-corrected chi connectivity index (χ4v) is 5.05. The number of sulfonamides is 1. The first kappa shape index (κ1) is 25.8. The van der Waals surface area contributed by atoms with Crippen LogP contribution in [0.3, 0.4) is 0 Å². The molecule has 1 aromatic carbocycles. The summed E-state index contributed by atoms with van der Waals surface area (Å²) in [6.45, 7) is 6.57. The highest BCUT2D eigenvalue weighted by Gasteiger charge is 2.36. The molecule has 1 aromatic heterocycles. The zero-order valence-electron chi connectivity index (χ0n) is 19.9. The largest absolute Gasteiger partial charge is 0.404 e. The summed E-state index contributed by atoms with van der Waals surface area (Å²) in [5.74, 6) is -2.26. The molecule has 0 aliphatic heterocycles. The number of halogens is 2. The third-order valence-corrected chi connectivity index (χ3v) is 7.32. The van der Waals surface area contributed by atoms with Crippen molar-refractivity contribution < 1.29 is 26.4 Å². The number of alkyl halides is 2. The van der Waals surface area contributed by atoms with Crippen LogP contribution in [0.25, 0.3) is 11.0 Å². The highest BCUT2D eigenvalue weighted by Crippen LogP contribution is 2.38. The van der Waals surface area contributed by atoms with Gasteiger partial charge >= 0.3 is 10.0 Å². The quantitative estimate of drug-likeness (QED) is 0.414. The molecule has 0 atom stereocenters. The van der Waals surface area contributed by atoms with Gasteiger partial charge in [0.25, 0.3) is 5.91 Å². The van der Waals surface area contributed by atoms with E-state index < -0.39 is 21.9 Å². The first-order valence-electron chi connectivity index (χ1n) is 11.2. The monoisotopic (exact) mass is 496 g/mol. The summed E-state index contributed by atoms with van der Waals surface area (Å²) in [5.41, 5.74) is 6.27. The number of nitrogens with one attached hydrogen (secondary N) is 2. The zero-order valence-corrected chi connectivity index (χ0v) is 20.7. The van der Waals surface area contributed by atoms with Crippen molar-refractivity contribution in [3.05, 3.63) is 35.8 Å². The third-order valence-electron chi connectivity index (χ3n) is 6.02. The lowest BCUT2D eigenvalue weighted by atomic mass is 9.86. The van der Waals surface area contributed by atoms with Crippen LogP contribution in [0.5, 0.6) is 0 Å². The van der Waals surface area contributed by atoms with Gasteiger partial charge in [0.05, 0.1) is 11.0 Å². The van der Waals surface area contributed by atoms with Crippen molar-refractivity contribution >= 4 is 33.2 Å². The molecule has 1 aliphatic carbocycles. The lowest BCUT2D eigenvalue weighted by molar-refractivity contribution is -0.260. The van der Waals surface area contributed by atoms with E-state index in [1.165, 1.54) is 19.2 Å². The molecule has 3 rings (SSSR count). The van der Waals surface area contributed by atoms with Crippen molar-refractivity contribution in [1.82, 2.24) is 14.9 Å². The number of nitrogens with zero attached hydrogens (tertiary/aromatic N) is 2. The van der Waals surface area contributed by atoms with Gasteiger partial charge in [-0.1, -0.05) is 20.8 Å². The first-order valence-corrected chi connectivity index (χ1v) is 12.6. The van der Waals surface area contributed by atoms with E-state index in [1.54, 1.807) is 6.07 Å².